The minimum atomic E-state index is -3.66. The molecule has 0 N–H and O–H groups in total. The Morgan fingerprint density at radius 3 is 2.04 bits per heavy atom. The lowest BCUT2D eigenvalue weighted by molar-refractivity contribution is 0.0698. The highest BCUT2D eigenvalue weighted by Crippen LogP contribution is 2.28. The van der Waals surface area contributed by atoms with Gasteiger partial charge in [-0.15, -0.1) is 0 Å². The number of nitrogens with zero attached hydrogens (tertiary/aromatic N) is 2. The van der Waals surface area contributed by atoms with Gasteiger partial charge in [-0.2, -0.15) is 4.31 Å². The van der Waals surface area contributed by atoms with Gasteiger partial charge in [0.05, 0.1) is 12.0 Å². The average molecular weight is 406 g/mol. The Kier molecular flexibility index (Phi) is 5.71. The predicted molar refractivity (Wildman–Crippen MR) is 104 cm³/mol. The summed E-state index contributed by atoms with van der Waals surface area (Å²) in [5, 5.41) is 0. The summed E-state index contributed by atoms with van der Waals surface area (Å²) in [5.74, 6) is 0.0411. The second kappa shape index (κ2) is 7.89. The van der Waals surface area contributed by atoms with Crippen LogP contribution in [0.3, 0.4) is 0 Å². The van der Waals surface area contributed by atoms with Crippen LogP contribution in [-0.2, 0) is 10.0 Å². The Morgan fingerprint density at radius 1 is 1.00 bits per heavy atom. The quantitative estimate of drug-likeness (QED) is 0.783. The molecule has 2 aromatic rings. The molecule has 1 saturated heterocycles. The summed E-state index contributed by atoms with van der Waals surface area (Å²) < 4.78 is 45.8. The van der Waals surface area contributed by atoms with E-state index in [9.17, 15) is 17.6 Å². The molecule has 1 aliphatic heterocycles. The van der Waals surface area contributed by atoms with Gasteiger partial charge in [-0.3, -0.25) is 4.79 Å². The van der Waals surface area contributed by atoms with E-state index in [2.05, 4.69) is 0 Å². The van der Waals surface area contributed by atoms with Crippen molar-refractivity contribution in [1.29, 1.82) is 0 Å². The lowest BCUT2D eigenvalue weighted by Crippen LogP contribution is -2.50. The number of amides is 1. The number of ether oxygens (including phenoxy) is 1. The lowest BCUT2D eigenvalue weighted by Gasteiger charge is -2.34. The van der Waals surface area contributed by atoms with Crippen LogP contribution in [0.2, 0.25) is 0 Å². The van der Waals surface area contributed by atoms with Gasteiger partial charge in [-0.1, -0.05) is 0 Å². The van der Waals surface area contributed by atoms with E-state index in [1.165, 1.54) is 28.6 Å². The van der Waals surface area contributed by atoms with E-state index in [4.69, 9.17) is 4.74 Å². The lowest BCUT2D eigenvalue weighted by atomic mass is 10.1. The van der Waals surface area contributed by atoms with Crippen molar-refractivity contribution in [3.63, 3.8) is 0 Å². The van der Waals surface area contributed by atoms with Gasteiger partial charge < -0.3 is 9.64 Å². The number of benzene rings is 2. The number of halogens is 1. The van der Waals surface area contributed by atoms with E-state index >= 15 is 0 Å². The summed E-state index contributed by atoms with van der Waals surface area (Å²) in [4.78, 5) is 14.3. The van der Waals surface area contributed by atoms with Gasteiger partial charge in [-0.05, 0) is 61.4 Å². The van der Waals surface area contributed by atoms with Crippen molar-refractivity contribution in [2.24, 2.45) is 0 Å². The second-order valence-electron chi connectivity index (χ2n) is 6.79. The van der Waals surface area contributed by atoms with Crippen LogP contribution in [-0.4, -0.2) is 56.8 Å². The zero-order valence-electron chi connectivity index (χ0n) is 16.1. The average Bonchev–Trinajstić information content (AvgIpc) is 2.68. The number of carbonyl (C=O) groups is 1. The van der Waals surface area contributed by atoms with E-state index in [0.717, 1.165) is 11.1 Å². The number of piperazine rings is 1. The monoisotopic (exact) mass is 406 g/mol. The highest BCUT2D eigenvalue weighted by atomic mass is 32.2. The minimum absolute atomic E-state index is 0.208. The van der Waals surface area contributed by atoms with Crippen LogP contribution >= 0.6 is 0 Å². The number of methoxy groups -OCH3 is 1. The zero-order valence-corrected chi connectivity index (χ0v) is 16.9. The van der Waals surface area contributed by atoms with Gasteiger partial charge in [0.15, 0.2) is 0 Å². The highest BCUT2D eigenvalue weighted by molar-refractivity contribution is 7.89. The van der Waals surface area contributed by atoms with Gasteiger partial charge in [0.2, 0.25) is 10.0 Å². The summed E-state index contributed by atoms with van der Waals surface area (Å²) in [6.07, 6.45) is 0. The van der Waals surface area contributed by atoms with Gasteiger partial charge in [0, 0.05) is 31.7 Å². The fourth-order valence-electron chi connectivity index (χ4n) is 3.44. The molecule has 2 aromatic carbocycles. The number of sulfonamides is 1. The van der Waals surface area contributed by atoms with Crippen molar-refractivity contribution in [1.82, 2.24) is 9.21 Å². The number of rotatable bonds is 4. The third-order valence-electron chi connectivity index (χ3n) is 4.89. The van der Waals surface area contributed by atoms with Crippen molar-refractivity contribution in [3.05, 3.63) is 58.9 Å². The number of hydrogen-bond donors (Lipinski definition) is 0. The maximum atomic E-state index is 13.0. The zero-order chi connectivity index (χ0) is 20.5. The SMILES string of the molecule is COc1c(C)cc(S(=O)(=O)N2CCN(C(=O)c3ccc(F)cc3)CC2)cc1C. The van der Waals surface area contributed by atoms with E-state index in [0.29, 0.717) is 11.3 Å². The second-order valence-corrected chi connectivity index (χ2v) is 8.73. The largest absolute Gasteiger partial charge is 0.496 e. The molecule has 0 atom stereocenters. The Morgan fingerprint density at radius 2 is 1.54 bits per heavy atom. The third-order valence-corrected chi connectivity index (χ3v) is 6.77. The summed E-state index contributed by atoms with van der Waals surface area (Å²) in [6.45, 7) is 4.60. The molecule has 0 aliphatic carbocycles. The molecular formula is C20H23FN2O4S. The van der Waals surface area contributed by atoms with Crippen LogP contribution in [0.5, 0.6) is 5.75 Å². The fourth-order valence-corrected chi connectivity index (χ4v) is 5.03. The first-order chi connectivity index (χ1) is 13.2. The molecule has 0 unspecified atom stereocenters. The maximum Gasteiger partial charge on any atom is 0.253 e. The van der Waals surface area contributed by atoms with Gasteiger partial charge >= 0.3 is 0 Å². The predicted octanol–water partition coefficient (Wildman–Crippen LogP) is 2.60. The summed E-state index contributed by atoms with van der Waals surface area (Å²) >= 11 is 0. The van der Waals surface area contributed by atoms with Crippen molar-refractivity contribution < 1.29 is 22.3 Å². The van der Waals surface area contributed by atoms with E-state index in [1.54, 1.807) is 24.1 Å². The molecule has 1 aliphatic rings. The van der Waals surface area contributed by atoms with E-state index in [-0.39, 0.29) is 37.0 Å². The number of carbonyl (C=O) groups excluding carboxylic acids is 1. The normalized spacial score (nSPS) is 15.5. The molecule has 0 bridgehead atoms. The van der Waals surface area contributed by atoms with Crippen molar-refractivity contribution in [3.8, 4) is 5.75 Å². The molecule has 0 spiro atoms. The molecule has 150 valence electrons. The maximum absolute atomic E-state index is 13.0. The first-order valence-electron chi connectivity index (χ1n) is 8.94. The number of aryl methyl sites for hydroxylation is 2. The van der Waals surface area contributed by atoms with Crippen LogP contribution in [0, 0.1) is 19.7 Å². The molecule has 3 rings (SSSR count). The summed E-state index contributed by atoms with van der Waals surface area (Å²) in [5.41, 5.74) is 1.90. The van der Waals surface area contributed by atoms with E-state index in [1.807, 2.05) is 13.8 Å². The van der Waals surface area contributed by atoms with Gasteiger partial charge in [-0.25, -0.2) is 12.8 Å². The molecule has 0 radical (unpaired) electrons. The number of hydrogen-bond acceptors (Lipinski definition) is 4. The molecule has 1 heterocycles. The first kappa shape index (κ1) is 20.3. The Balaban J connectivity index is 1.73. The van der Waals surface area contributed by atoms with Crippen LogP contribution in [0.25, 0.3) is 0 Å². The van der Waals surface area contributed by atoms with Crippen molar-refractivity contribution in [2.45, 2.75) is 18.7 Å². The summed E-state index contributed by atoms with van der Waals surface area (Å²) in [6, 6.07) is 8.56. The van der Waals surface area contributed by atoms with Crippen LogP contribution in [0.1, 0.15) is 21.5 Å². The topological polar surface area (TPSA) is 66.9 Å². The highest BCUT2D eigenvalue weighted by Gasteiger charge is 2.31. The molecule has 28 heavy (non-hydrogen) atoms. The standard InChI is InChI=1S/C20H23FN2O4S/c1-14-12-18(13-15(2)19(14)27-3)28(25,26)23-10-8-22(9-11-23)20(24)16-4-6-17(21)7-5-16/h4-7,12-13H,8-11H2,1-3H3. The molecular weight excluding hydrogens is 383 g/mol. The van der Waals surface area contributed by atoms with E-state index < -0.39 is 15.8 Å². The van der Waals surface area contributed by atoms with Crippen LogP contribution < -0.4 is 4.74 Å². The van der Waals surface area contributed by atoms with Crippen molar-refractivity contribution >= 4 is 15.9 Å². The van der Waals surface area contributed by atoms with Crippen LogP contribution in [0.4, 0.5) is 4.39 Å². The smallest absolute Gasteiger partial charge is 0.253 e. The molecule has 0 saturated carbocycles. The van der Waals surface area contributed by atoms with Crippen molar-refractivity contribution in [2.75, 3.05) is 33.3 Å². The molecule has 1 fully saturated rings. The van der Waals surface area contributed by atoms with Gasteiger partial charge in [0.25, 0.3) is 5.91 Å². The minimum Gasteiger partial charge on any atom is -0.496 e. The molecule has 8 heteroatoms. The Hall–Kier alpha value is -2.45. The first-order valence-corrected chi connectivity index (χ1v) is 10.4. The third kappa shape index (κ3) is 3.88. The molecule has 0 aromatic heterocycles. The fraction of sp³-hybridized carbons (Fsp3) is 0.350. The van der Waals surface area contributed by atoms with Crippen LogP contribution in [0.15, 0.2) is 41.3 Å². The Labute approximate surface area is 164 Å². The van der Waals surface area contributed by atoms with Gasteiger partial charge in [0.1, 0.15) is 11.6 Å². The molecule has 6 nitrogen and oxygen atoms in total. The Bertz CT molecular complexity index is 959. The summed E-state index contributed by atoms with van der Waals surface area (Å²) in [7, 11) is -2.10. The molecule has 1 amide bonds.